The third-order valence-corrected chi connectivity index (χ3v) is 3.31. The zero-order valence-electron chi connectivity index (χ0n) is 13.2. The molecule has 0 spiro atoms. The van der Waals surface area contributed by atoms with E-state index in [0.29, 0.717) is 11.5 Å². The number of benzene rings is 2. The molecule has 0 aliphatic carbocycles. The lowest BCUT2D eigenvalue weighted by Crippen LogP contribution is -1.99. The molecule has 0 bridgehead atoms. The summed E-state index contributed by atoms with van der Waals surface area (Å²) in [6.45, 7) is 0. The summed E-state index contributed by atoms with van der Waals surface area (Å²) in [5.41, 5.74) is 0.958. The standard InChI is InChI=1S/C18H18O5/c1-21-13-6-4-5-12(11-13)7-9-15(19)14-8-10-16(22-2)18(23-3)17(14)20/h4-11,20H,1-3H3/b9-7+. The molecule has 0 unspecified atom stereocenters. The highest BCUT2D eigenvalue weighted by atomic mass is 16.5. The van der Waals surface area contributed by atoms with Crippen LogP contribution in [0.25, 0.3) is 6.08 Å². The maximum absolute atomic E-state index is 12.3. The molecule has 0 fully saturated rings. The number of phenols is 1. The van der Waals surface area contributed by atoms with E-state index >= 15 is 0 Å². The average molecular weight is 314 g/mol. The van der Waals surface area contributed by atoms with E-state index in [1.54, 1.807) is 25.3 Å². The molecule has 5 heteroatoms. The summed E-state index contributed by atoms with van der Waals surface area (Å²) < 4.78 is 15.3. The number of carbonyl (C=O) groups excluding carboxylic acids is 1. The number of rotatable bonds is 6. The van der Waals surface area contributed by atoms with E-state index in [1.165, 1.54) is 26.4 Å². The fraction of sp³-hybridized carbons (Fsp3) is 0.167. The fourth-order valence-electron chi connectivity index (χ4n) is 2.12. The van der Waals surface area contributed by atoms with Gasteiger partial charge in [0.1, 0.15) is 5.75 Å². The second-order valence-corrected chi connectivity index (χ2v) is 4.67. The van der Waals surface area contributed by atoms with Gasteiger partial charge in [0.15, 0.2) is 17.3 Å². The maximum atomic E-state index is 12.3. The Hall–Kier alpha value is -2.95. The summed E-state index contributed by atoms with van der Waals surface area (Å²) in [7, 11) is 4.44. The molecule has 23 heavy (non-hydrogen) atoms. The molecule has 0 heterocycles. The van der Waals surface area contributed by atoms with Crippen molar-refractivity contribution >= 4 is 11.9 Å². The number of phenolic OH excluding ortho intramolecular Hbond substituents is 1. The van der Waals surface area contributed by atoms with Crippen molar-refractivity contribution in [3.8, 4) is 23.0 Å². The zero-order valence-corrected chi connectivity index (χ0v) is 13.2. The Morgan fingerprint density at radius 3 is 2.48 bits per heavy atom. The third-order valence-electron chi connectivity index (χ3n) is 3.31. The Morgan fingerprint density at radius 2 is 1.83 bits per heavy atom. The molecule has 5 nitrogen and oxygen atoms in total. The van der Waals surface area contributed by atoms with E-state index < -0.39 is 0 Å². The van der Waals surface area contributed by atoms with Crippen molar-refractivity contribution < 1.29 is 24.1 Å². The molecule has 120 valence electrons. The molecular formula is C18H18O5. The van der Waals surface area contributed by atoms with Crippen molar-refractivity contribution in [3.63, 3.8) is 0 Å². The molecular weight excluding hydrogens is 296 g/mol. The summed E-state index contributed by atoms with van der Waals surface area (Å²) >= 11 is 0. The van der Waals surface area contributed by atoms with Crippen molar-refractivity contribution in [1.82, 2.24) is 0 Å². The lowest BCUT2D eigenvalue weighted by molar-refractivity contribution is 0.104. The van der Waals surface area contributed by atoms with Crippen molar-refractivity contribution in [2.45, 2.75) is 0 Å². The maximum Gasteiger partial charge on any atom is 0.203 e. The number of aromatic hydroxyl groups is 1. The summed E-state index contributed by atoms with van der Waals surface area (Å²) in [4.78, 5) is 12.3. The monoisotopic (exact) mass is 314 g/mol. The molecule has 0 saturated heterocycles. The molecule has 2 aromatic rings. The first-order valence-corrected chi connectivity index (χ1v) is 6.91. The molecule has 0 saturated carbocycles. The van der Waals surface area contributed by atoms with Crippen molar-refractivity contribution in [2.75, 3.05) is 21.3 Å². The van der Waals surface area contributed by atoms with Gasteiger partial charge in [0.25, 0.3) is 0 Å². The first-order chi connectivity index (χ1) is 11.1. The zero-order chi connectivity index (χ0) is 16.8. The Morgan fingerprint density at radius 1 is 1.04 bits per heavy atom. The number of ketones is 1. The van der Waals surface area contributed by atoms with Crippen LogP contribution < -0.4 is 14.2 Å². The second-order valence-electron chi connectivity index (χ2n) is 4.67. The number of allylic oxidation sites excluding steroid dienone is 1. The molecule has 0 radical (unpaired) electrons. The van der Waals surface area contributed by atoms with Gasteiger partial charge in [0.05, 0.1) is 26.9 Å². The van der Waals surface area contributed by atoms with Crippen LogP contribution in [0.5, 0.6) is 23.0 Å². The number of hydrogen-bond acceptors (Lipinski definition) is 5. The molecule has 1 N–H and O–H groups in total. The van der Waals surface area contributed by atoms with E-state index in [0.717, 1.165) is 5.56 Å². The van der Waals surface area contributed by atoms with E-state index in [4.69, 9.17) is 14.2 Å². The Balaban J connectivity index is 2.28. The van der Waals surface area contributed by atoms with Gasteiger partial charge in [0.2, 0.25) is 5.75 Å². The lowest BCUT2D eigenvalue weighted by Gasteiger charge is -2.11. The van der Waals surface area contributed by atoms with Crippen molar-refractivity contribution in [2.24, 2.45) is 0 Å². The van der Waals surface area contributed by atoms with Crippen LogP contribution in [0, 0.1) is 0 Å². The van der Waals surface area contributed by atoms with Gasteiger partial charge in [0, 0.05) is 0 Å². The highest BCUT2D eigenvalue weighted by Gasteiger charge is 2.17. The topological polar surface area (TPSA) is 65.0 Å². The van der Waals surface area contributed by atoms with E-state index in [9.17, 15) is 9.90 Å². The minimum Gasteiger partial charge on any atom is -0.504 e. The van der Waals surface area contributed by atoms with E-state index in [1.807, 2.05) is 18.2 Å². The van der Waals surface area contributed by atoms with Gasteiger partial charge in [-0.05, 0) is 35.9 Å². The Labute approximate surface area is 134 Å². The van der Waals surface area contributed by atoms with Crippen LogP contribution in [0.1, 0.15) is 15.9 Å². The van der Waals surface area contributed by atoms with Gasteiger partial charge < -0.3 is 19.3 Å². The molecule has 2 aromatic carbocycles. The normalized spacial score (nSPS) is 10.6. The SMILES string of the molecule is COc1cccc(/C=C/C(=O)c2ccc(OC)c(OC)c2O)c1. The lowest BCUT2D eigenvalue weighted by atomic mass is 10.1. The predicted octanol–water partition coefficient (Wildman–Crippen LogP) is 3.31. The first-order valence-electron chi connectivity index (χ1n) is 6.91. The first kappa shape index (κ1) is 16.4. The number of ether oxygens (including phenoxy) is 3. The van der Waals surface area contributed by atoms with E-state index in [-0.39, 0.29) is 22.8 Å². The minimum atomic E-state index is -0.341. The summed E-state index contributed by atoms with van der Waals surface area (Å²) in [6.07, 6.45) is 3.04. The summed E-state index contributed by atoms with van der Waals surface area (Å²) in [6, 6.07) is 10.4. The highest BCUT2D eigenvalue weighted by Crippen LogP contribution is 2.39. The quantitative estimate of drug-likeness (QED) is 0.654. The van der Waals surface area contributed by atoms with E-state index in [2.05, 4.69) is 0 Å². The van der Waals surface area contributed by atoms with Gasteiger partial charge in [-0.2, -0.15) is 0 Å². The molecule has 0 aliphatic heterocycles. The predicted molar refractivity (Wildman–Crippen MR) is 87.6 cm³/mol. The Bertz CT molecular complexity index is 734. The molecule has 0 aliphatic rings. The van der Waals surface area contributed by atoms with Gasteiger partial charge in [-0.15, -0.1) is 0 Å². The number of hydrogen-bond donors (Lipinski definition) is 1. The van der Waals surface area contributed by atoms with Gasteiger partial charge in [-0.3, -0.25) is 4.79 Å². The minimum absolute atomic E-state index is 0.133. The van der Waals surface area contributed by atoms with Crippen LogP contribution in [0.15, 0.2) is 42.5 Å². The van der Waals surface area contributed by atoms with Crippen LogP contribution in [-0.2, 0) is 0 Å². The number of methoxy groups -OCH3 is 3. The highest BCUT2D eigenvalue weighted by molar-refractivity contribution is 6.09. The van der Waals surface area contributed by atoms with Gasteiger partial charge in [-0.25, -0.2) is 0 Å². The van der Waals surface area contributed by atoms with Gasteiger partial charge in [-0.1, -0.05) is 18.2 Å². The second kappa shape index (κ2) is 7.35. The van der Waals surface area contributed by atoms with Crippen LogP contribution in [0.4, 0.5) is 0 Å². The molecule has 2 rings (SSSR count). The van der Waals surface area contributed by atoms with Crippen LogP contribution in [-0.4, -0.2) is 32.2 Å². The van der Waals surface area contributed by atoms with Crippen LogP contribution in [0.2, 0.25) is 0 Å². The van der Waals surface area contributed by atoms with Crippen LogP contribution in [0.3, 0.4) is 0 Å². The molecule has 0 atom stereocenters. The smallest absolute Gasteiger partial charge is 0.203 e. The Kier molecular flexibility index (Phi) is 5.25. The fourth-order valence-corrected chi connectivity index (χ4v) is 2.12. The summed E-state index contributed by atoms with van der Waals surface area (Å²) in [5.74, 6) is 0.610. The average Bonchev–Trinajstić information content (AvgIpc) is 2.59. The molecule has 0 aromatic heterocycles. The summed E-state index contributed by atoms with van der Waals surface area (Å²) in [5, 5.41) is 10.2. The third kappa shape index (κ3) is 3.63. The molecule has 0 amide bonds. The number of carbonyl (C=O) groups is 1. The largest absolute Gasteiger partial charge is 0.504 e. The van der Waals surface area contributed by atoms with Crippen molar-refractivity contribution in [1.29, 1.82) is 0 Å². The van der Waals surface area contributed by atoms with Crippen molar-refractivity contribution in [3.05, 3.63) is 53.6 Å². The van der Waals surface area contributed by atoms with Crippen LogP contribution >= 0.6 is 0 Å². The van der Waals surface area contributed by atoms with Gasteiger partial charge >= 0.3 is 0 Å².